The fourth-order valence-corrected chi connectivity index (χ4v) is 2.99. The van der Waals surface area contributed by atoms with E-state index in [1.807, 2.05) is 31.2 Å². The minimum atomic E-state index is 0.0714. The summed E-state index contributed by atoms with van der Waals surface area (Å²) in [6, 6.07) is 7.55. The van der Waals surface area contributed by atoms with Crippen LogP contribution in [0.25, 0.3) is 10.9 Å². The quantitative estimate of drug-likeness (QED) is 0.471. The van der Waals surface area contributed by atoms with E-state index in [0.29, 0.717) is 11.9 Å². The van der Waals surface area contributed by atoms with Crippen LogP contribution in [0.15, 0.2) is 34.2 Å². The zero-order valence-corrected chi connectivity index (χ0v) is 11.7. The molecule has 0 saturated heterocycles. The molecule has 3 nitrogen and oxygen atoms in total. The van der Waals surface area contributed by atoms with Crippen LogP contribution in [-0.2, 0) is 6.54 Å². The molecular formula is C14H18N2OS. The van der Waals surface area contributed by atoms with Crippen LogP contribution in [0.3, 0.4) is 0 Å². The topological polar surface area (TPSA) is 34.9 Å². The van der Waals surface area contributed by atoms with Gasteiger partial charge >= 0.3 is 0 Å². The van der Waals surface area contributed by atoms with E-state index in [1.165, 1.54) is 0 Å². The third-order valence-electron chi connectivity index (χ3n) is 2.87. The number of aromatic nitrogens is 2. The van der Waals surface area contributed by atoms with Gasteiger partial charge in [0.1, 0.15) is 0 Å². The van der Waals surface area contributed by atoms with Crippen molar-refractivity contribution in [1.29, 1.82) is 0 Å². The summed E-state index contributed by atoms with van der Waals surface area (Å²) < 4.78 is 1.77. The number of para-hydroxylation sites is 1. The largest absolute Gasteiger partial charge is 0.287 e. The number of fused-ring (bicyclic) bond motifs is 1. The Morgan fingerprint density at radius 1 is 1.28 bits per heavy atom. The maximum atomic E-state index is 12.3. The Balaban J connectivity index is 2.48. The summed E-state index contributed by atoms with van der Waals surface area (Å²) in [5, 5.41) is 1.55. The van der Waals surface area contributed by atoms with E-state index in [4.69, 9.17) is 0 Å². The van der Waals surface area contributed by atoms with Crippen molar-refractivity contribution in [1.82, 2.24) is 9.55 Å². The number of benzene rings is 1. The first kappa shape index (κ1) is 13.1. The summed E-state index contributed by atoms with van der Waals surface area (Å²) >= 11 is 1.68. The smallest absolute Gasteiger partial charge is 0.262 e. The molecule has 0 aliphatic carbocycles. The molecule has 1 heterocycles. The van der Waals surface area contributed by atoms with E-state index in [0.717, 1.165) is 29.3 Å². The third kappa shape index (κ3) is 2.58. The summed E-state index contributed by atoms with van der Waals surface area (Å²) in [6.07, 6.45) is 2.31. The predicted molar refractivity (Wildman–Crippen MR) is 77.3 cm³/mol. The number of hydrogen-bond donors (Lipinski definition) is 0. The SMILES string of the molecule is CCCCSc1nc2ccccc2c(=O)n1CC. The molecule has 0 atom stereocenters. The molecule has 0 bridgehead atoms. The average molecular weight is 262 g/mol. The molecule has 96 valence electrons. The number of hydrogen-bond acceptors (Lipinski definition) is 3. The summed E-state index contributed by atoms with van der Waals surface area (Å²) in [4.78, 5) is 16.9. The third-order valence-corrected chi connectivity index (χ3v) is 3.93. The Morgan fingerprint density at radius 2 is 2.06 bits per heavy atom. The van der Waals surface area contributed by atoms with Gasteiger partial charge in [-0.15, -0.1) is 0 Å². The van der Waals surface area contributed by atoms with Gasteiger partial charge in [-0.25, -0.2) is 4.98 Å². The molecule has 1 aromatic carbocycles. The number of rotatable bonds is 5. The molecule has 18 heavy (non-hydrogen) atoms. The van der Waals surface area contributed by atoms with Crippen molar-refractivity contribution in [3.05, 3.63) is 34.6 Å². The first-order valence-electron chi connectivity index (χ1n) is 6.40. The molecule has 2 rings (SSSR count). The Labute approximate surface area is 111 Å². The zero-order chi connectivity index (χ0) is 13.0. The lowest BCUT2D eigenvalue weighted by Gasteiger charge is -2.10. The van der Waals surface area contributed by atoms with Gasteiger partial charge in [0.2, 0.25) is 0 Å². The molecule has 0 unspecified atom stereocenters. The van der Waals surface area contributed by atoms with Crippen LogP contribution < -0.4 is 5.56 Å². The second-order valence-corrected chi connectivity index (χ2v) is 5.23. The van der Waals surface area contributed by atoms with E-state index in [1.54, 1.807) is 16.3 Å². The average Bonchev–Trinajstić information content (AvgIpc) is 2.39. The highest BCUT2D eigenvalue weighted by molar-refractivity contribution is 7.99. The van der Waals surface area contributed by atoms with Gasteiger partial charge < -0.3 is 0 Å². The van der Waals surface area contributed by atoms with Crippen LogP contribution in [0.2, 0.25) is 0 Å². The molecule has 2 aromatic rings. The molecule has 0 N–H and O–H groups in total. The first-order chi connectivity index (χ1) is 8.77. The minimum absolute atomic E-state index is 0.0714. The van der Waals surface area contributed by atoms with Gasteiger partial charge in [0, 0.05) is 12.3 Å². The van der Waals surface area contributed by atoms with Crippen LogP contribution in [0.5, 0.6) is 0 Å². The molecule has 0 fully saturated rings. The Bertz CT molecular complexity index is 592. The van der Waals surface area contributed by atoms with Gasteiger partial charge in [0.15, 0.2) is 5.16 Å². The molecule has 0 aliphatic rings. The monoisotopic (exact) mass is 262 g/mol. The van der Waals surface area contributed by atoms with Crippen LogP contribution >= 0.6 is 11.8 Å². The van der Waals surface area contributed by atoms with Crippen LogP contribution in [0.4, 0.5) is 0 Å². The number of thioether (sulfide) groups is 1. The molecule has 0 spiro atoms. The van der Waals surface area contributed by atoms with Crippen molar-refractivity contribution in [3.63, 3.8) is 0 Å². The van der Waals surface area contributed by atoms with Gasteiger partial charge in [-0.05, 0) is 25.5 Å². The van der Waals surface area contributed by atoms with Crippen LogP contribution in [0.1, 0.15) is 26.7 Å². The lowest BCUT2D eigenvalue weighted by molar-refractivity contribution is 0.634. The number of unbranched alkanes of at least 4 members (excludes halogenated alkanes) is 1. The number of nitrogens with zero attached hydrogens (tertiary/aromatic N) is 2. The van der Waals surface area contributed by atoms with Crippen LogP contribution in [0, 0.1) is 0 Å². The van der Waals surface area contributed by atoms with Crippen LogP contribution in [-0.4, -0.2) is 15.3 Å². The van der Waals surface area contributed by atoms with Gasteiger partial charge in [0.25, 0.3) is 5.56 Å². The van der Waals surface area contributed by atoms with Crippen molar-refractivity contribution in [2.24, 2.45) is 0 Å². The van der Waals surface area contributed by atoms with Gasteiger partial charge in [-0.1, -0.05) is 37.2 Å². The van der Waals surface area contributed by atoms with E-state index in [2.05, 4.69) is 11.9 Å². The van der Waals surface area contributed by atoms with E-state index in [-0.39, 0.29) is 5.56 Å². The highest BCUT2D eigenvalue weighted by Gasteiger charge is 2.09. The molecule has 0 aliphatic heterocycles. The van der Waals surface area contributed by atoms with E-state index >= 15 is 0 Å². The highest BCUT2D eigenvalue weighted by Crippen LogP contribution is 2.18. The Hall–Kier alpha value is -1.29. The second kappa shape index (κ2) is 6.05. The molecular weight excluding hydrogens is 244 g/mol. The molecule has 4 heteroatoms. The molecule has 1 aromatic heterocycles. The van der Waals surface area contributed by atoms with Crippen molar-refractivity contribution < 1.29 is 0 Å². The standard InChI is InChI=1S/C14H18N2OS/c1-3-5-10-18-14-15-12-9-7-6-8-11(12)13(17)16(14)4-2/h6-9H,3-5,10H2,1-2H3. The van der Waals surface area contributed by atoms with E-state index in [9.17, 15) is 4.79 Å². The molecule has 0 amide bonds. The van der Waals surface area contributed by atoms with Gasteiger partial charge in [-0.3, -0.25) is 9.36 Å². The fourth-order valence-electron chi connectivity index (χ4n) is 1.84. The maximum Gasteiger partial charge on any atom is 0.262 e. The summed E-state index contributed by atoms with van der Waals surface area (Å²) in [5.41, 5.74) is 0.869. The zero-order valence-electron chi connectivity index (χ0n) is 10.8. The summed E-state index contributed by atoms with van der Waals surface area (Å²) in [6.45, 7) is 4.83. The van der Waals surface area contributed by atoms with E-state index < -0.39 is 0 Å². The molecule has 0 saturated carbocycles. The fraction of sp³-hybridized carbons (Fsp3) is 0.429. The Kier molecular flexibility index (Phi) is 4.42. The normalized spacial score (nSPS) is 11.0. The summed E-state index contributed by atoms with van der Waals surface area (Å²) in [7, 11) is 0. The van der Waals surface area contributed by atoms with Crippen molar-refractivity contribution in [2.75, 3.05) is 5.75 Å². The van der Waals surface area contributed by atoms with Crippen molar-refractivity contribution in [3.8, 4) is 0 Å². The lowest BCUT2D eigenvalue weighted by atomic mass is 10.2. The van der Waals surface area contributed by atoms with Crippen molar-refractivity contribution in [2.45, 2.75) is 38.4 Å². The Morgan fingerprint density at radius 3 is 2.78 bits per heavy atom. The second-order valence-electron chi connectivity index (χ2n) is 4.16. The maximum absolute atomic E-state index is 12.3. The van der Waals surface area contributed by atoms with Crippen molar-refractivity contribution >= 4 is 22.7 Å². The lowest BCUT2D eigenvalue weighted by Crippen LogP contribution is -2.22. The van der Waals surface area contributed by atoms with Gasteiger partial charge in [0.05, 0.1) is 10.9 Å². The van der Waals surface area contributed by atoms with Gasteiger partial charge in [-0.2, -0.15) is 0 Å². The minimum Gasteiger partial charge on any atom is -0.287 e. The summed E-state index contributed by atoms with van der Waals surface area (Å²) in [5.74, 6) is 1.02. The predicted octanol–water partition coefficient (Wildman–Crippen LogP) is 3.31. The molecule has 0 radical (unpaired) electrons. The highest BCUT2D eigenvalue weighted by atomic mass is 32.2. The first-order valence-corrected chi connectivity index (χ1v) is 7.38.